The molecule has 0 bridgehead atoms. The zero-order valence-electron chi connectivity index (χ0n) is 50.1. The summed E-state index contributed by atoms with van der Waals surface area (Å²) < 4.78 is 43.2. The summed E-state index contributed by atoms with van der Waals surface area (Å²) in [6.07, 6.45) is 2.12. The number of likely N-dealkylation sites (tertiary alicyclic amines) is 2. The number of rotatable bonds is 11. The van der Waals surface area contributed by atoms with Crippen LogP contribution in [0, 0.1) is 11.3 Å². The Morgan fingerprint density at radius 1 is 0.477 bits per heavy atom. The number of hydrogen-bond acceptors (Lipinski definition) is 11. The van der Waals surface area contributed by atoms with Crippen LogP contribution in [-0.4, -0.2) is 174 Å². The lowest BCUT2D eigenvalue weighted by Crippen LogP contribution is -2.52. The van der Waals surface area contributed by atoms with E-state index in [1.165, 1.54) is 13.0 Å². The van der Waals surface area contributed by atoms with E-state index in [9.17, 15) is 0 Å². The number of methoxy groups -OCH3 is 2. The number of nitrogens with zero attached hydrogens (tertiary/aromatic N) is 3. The molecule has 2 saturated heterocycles. The average molecular weight is 941 g/mol. The Labute approximate surface area is 408 Å². The smallest absolute Gasteiger partial charge is 0.0835 e. The molecule has 0 amide bonds. The molecule has 2 rings (SSSR count). The summed E-state index contributed by atoms with van der Waals surface area (Å²) >= 11 is 0. The topological polar surface area (TPSA) is 83.6 Å². The summed E-state index contributed by atoms with van der Waals surface area (Å²) in [6.45, 7) is 63.7. The molecule has 2 aliphatic rings. The second-order valence-corrected chi connectivity index (χ2v) is 26.3. The molecule has 400 valence electrons. The molecule has 65 heavy (non-hydrogen) atoms. The molecule has 0 saturated carbocycles. The van der Waals surface area contributed by atoms with E-state index >= 15 is 0 Å². The molecule has 1 atom stereocenters. The Morgan fingerprint density at radius 2 is 0.846 bits per heavy atom. The molecular formula is C54H121N3O8. The molecule has 2 heterocycles. The first-order chi connectivity index (χ1) is 28.6. The van der Waals surface area contributed by atoms with Crippen molar-refractivity contribution in [2.75, 3.05) is 108 Å². The summed E-state index contributed by atoms with van der Waals surface area (Å²) in [5.74, 6) is 0.643. The van der Waals surface area contributed by atoms with E-state index < -0.39 is 0 Å². The van der Waals surface area contributed by atoms with Crippen molar-refractivity contribution < 1.29 is 37.9 Å². The third-order valence-corrected chi connectivity index (χ3v) is 7.72. The molecule has 0 radical (unpaired) electrons. The van der Waals surface area contributed by atoms with Crippen molar-refractivity contribution in [2.24, 2.45) is 11.3 Å². The lowest BCUT2D eigenvalue weighted by molar-refractivity contribution is -0.117. The Balaban J connectivity index is -0.000000217. The standard InChI is InChI=1S/C9H19NO.C9H20O.C8H17NO.C8H19NO.C8H18O.C7H16O2.C5H12O/c1-9(2,3)11-8-5-6-10(4)7-8;1-8(2,3)7-10-9(4,5)6;1-8(2,3)10-7-5-9(4)6-7;1-8(2,3)10-7-6-9(4)5;1-7(2)6-9-8(3,4)5;1-7(2,3)9-6-5-8-4;1-5(2,3)6-4/h8H,5-7H2,1-4H3;7H2,1-6H3;7H,5-6H2,1-4H3;6-7H2,1-5H3;7H,6H2,1-5H3;5-6H2,1-4H3;1-4H3. The number of likely N-dealkylation sites (N-methyl/N-ethyl adjacent to an activating group) is 3. The SMILES string of the molecule is CC(C)(C)COC(C)(C)C.CC(C)COC(C)(C)C.CN(C)CCOC(C)(C)C.CN1CC(OC(C)(C)C)C1.CN1CCC(OC(C)(C)C)C1.COC(C)(C)C.COCCOC(C)(C)C. The highest BCUT2D eigenvalue weighted by Crippen LogP contribution is 2.20. The predicted molar refractivity (Wildman–Crippen MR) is 283 cm³/mol. The van der Waals surface area contributed by atoms with Crippen LogP contribution in [0.2, 0.25) is 0 Å². The fraction of sp³-hybridized carbons (Fsp3) is 1.00. The van der Waals surface area contributed by atoms with Crippen molar-refractivity contribution in [1.82, 2.24) is 14.7 Å². The third kappa shape index (κ3) is 78.0. The highest BCUT2D eigenvalue weighted by molar-refractivity contribution is 4.80. The maximum atomic E-state index is 5.83. The maximum Gasteiger partial charge on any atom is 0.0835 e. The predicted octanol–water partition coefficient (Wildman–Crippen LogP) is 12.2. The molecule has 0 aromatic heterocycles. The van der Waals surface area contributed by atoms with Gasteiger partial charge in [-0.05, 0) is 191 Å². The van der Waals surface area contributed by atoms with Gasteiger partial charge < -0.3 is 52.6 Å². The molecule has 11 heteroatoms. The van der Waals surface area contributed by atoms with Gasteiger partial charge in [0.25, 0.3) is 0 Å². The lowest BCUT2D eigenvalue weighted by atomic mass is 9.98. The van der Waals surface area contributed by atoms with E-state index in [1.54, 1.807) is 14.2 Å². The summed E-state index contributed by atoms with van der Waals surface area (Å²) in [5, 5.41) is 0. The summed E-state index contributed by atoms with van der Waals surface area (Å²) in [6, 6.07) is 0. The number of hydrogen-bond donors (Lipinski definition) is 0. The first-order valence-corrected chi connectivity index (χ1v) is 24.6. The first kappa shape index (κ1) is 73.5. The van der Waals surface area contributed by atoms with Gasteiger partial charge in [0.15, 0.2) is 0 Å². The van der Waals surface area contributed by atoms with Crippen LogP contribution in [-0.2, 0) is 37.9 Å². The van der Waals surface area contributed by atoms with Crippen molar-refractivity contribution in [2.45, 2.75) is 238 Å². The maximum absolute atomic E-state index is 5.83. The number of ether oxygens (including phenoxy) is 8. The molecule has 1 unspecified atom stereocenters. The Morgan fingerprint density at radius 3 is 1.08 bits per heavy atom. The van der Waals surface area contributed by atoms with E-state index in [1.807, 2.05) is 55.6 Å². The van der Waals surface area contributed by atoms with Gasteiger partial charge in [0.05, 0.1) is 77.8 Å². The molecule has 2 fully saturated rings. The van der Waals surface area contributed by atoms with Crippen molar-refractivity contribution in [3.63, 3.8) is 0 Å². The van der Waals surface area contributed by atoms with Crippen molar-refractivity contribution in [3.05, 3.63) is 0 Å². The highest BCUT2D eigenvalue weighted by Gasteiger charge is 2.28. The normalized spacial score (nSPS) is 16.8. The fourth-order valence-corrected chi connectivity index (χ4v) is 4.52. The Bertz CT molecular complexity index is 1040. The quantitative estimate of drug-likeness (QED) is 0.186. The molecule has 2 aliphatic heterocycles. The van der Waals surface area contributed by atoms with E-state index in [0.717, 1.165) is 46.0 Å². The first-order valence-electron chi connectivity index (χ1n) is 24.6. The minimum absolute atomic E-state index is 0.00722. The largest absolute Gasteiger partial charge is 0.382 e. The van der Waals surface area contributed by atoms with Crippen LogP contribution in [0.5, 0.6) is 0 Å². The van der Waals surface area contributed by atoms with Crippen LogP contribution in [0.15, 0.2) is 0 Å². The van der Waals surface area contributed by atoms with E-state index in [0.29, 0.717) is 31.3 Å². The Kier molecular flexibility index (Phi) is 39.4. The van der Waals surface area contributed by atoms with Crippen LogP contribution < -0.4 is 0 Å². The third-order valence-electron chi connectivity index (χ3n) is 7.72. The van der Waals surface area contributed by atoms with E-state index in [-0.39, 0.29) is 44.6 Å². The van der Waals surface area contributed by atoms with Crippen LogP contribution in [0.25, 0.3) is 0 Å². The van der Waals surface area contributed by atoms with Gasteiger partial charge in [-0.3, -0.25) is 0 Å². The van der Waals surface area contributed by atoms with Gasteiger partial charge in [0.1, 0.15) is 0 Å². The van der Waals surface area contributed by atoms with E-state index in [4.69, 9.17) is 37.9 Å². The summed E-state index contributed by atoms with van der Waals surface area (Å²) in [5.41, 5.74) is 0.404. The lowest BCUT2D eigenvalue weighted by Gasteiger charge is -2.39. The minimum atomic E-state index is -0.0292. The van der Waals surface area contributed by atoms with Crippen LogP contribution in [0.4, 0.5) is 0 Å². The molecule has 0 aliphatic carbocycles. The fourth-order valence-electron chi connectivity index (χ4n) is 4.52. The van der Waals surface area contributed by atoms with Gasteiger partial charge in [-0.25, -0.2) is 0 Å². The van der Waals surface area contributed by atoms with Crippen LogP contribution >= 0.6 is 0 Å². The van der Waals surface area contributed by atoms with Gasteiger partial charge in [0, 0.05) is 53.6 Å². The van der Waals surface area contributed by atoms with Gasteiger partial charge >= 0.3 is 0 Å². The average Bonchev–Trinajstić information content (AvgIpc) is 3.43. The monoisotopic (exact) mass is 940 g/mol. The zero-order valence-corrected chi connectivity index (χ0v) is 50.1. The molecule has 0 aromatic rings. The van der Waals surface area contributed by atoms with Gasteiger partial charge in [-0.15, -0.1) is 0 Å². The molecule has 11 nitrogen and oxygen atoms in total. The summed E-state index contributed by atoms with van der Waals surface area (Å²) in [7, 11) is 11.7. The molecule has 0 N–H and O–H groups in total. The van der Waals surface area contributed by atoms with Crippen LogP contribution in [0.1, 0.15) is 186 Å². The van der Waals surface area contributed by atoms with Crippen molar-refractivity contribution in [1.29, 1.82) is 0 Å². The van der Waals surface area contributed by atoms with Crippen molar-refractivity contribution >= 4 is 0 Å². The van der Waals surface area contributed by atoms with Gasteiger partial charge in [-0.2, -0.15) is 0 Å². The van der Waals surface area contributed by atoms with Crippen molar-refractivity contribution in [3.8, 4) is 0 Å². The highest BCUT2D eigenvalue weighted by atomic mass is 16.5. The molecular weight excluding hydrogens is 819 g/mol. The second kappa shape index (κ2) is 34.8. The van der Waals surface area contributed by atoms with E-state index in [2.05, 4.69) is 167 Å². The van der Waals surface area contributed by atoms with Crippen LogP contribution in [0.3, 0.4) is 0 Å². The van der Waals surface area contributed by atoms with Gasteiger partial charge in [0.2, 0.25) is 0 Å². The summed E-state index contributed by atoms with van der Waals surface area (Å²) in [4.78, 5) is 6.69. The van der Waals surface area contributed by atoms with Gasteiger partial charge in [-0.1, -0.05) is 34.6 Å². The second-order valence-electron chi connectivity index (χ2n) is 26.3. The molecule has 0 aromatic carbocycles. The Hall–Kier alpha value is -0.440. The zero-order chi connectivity index (χ0) is 52.9. The molecule has 0 spiro atoms. The minimum Gasteiger partial charge on any atom is -0.382 e.